The summed E-state index contributed by atoms with van der Waals surface area (Å²) in [5.74, 6) is -0.193. The number of carbonyl (C=O) groups is 1. The summed E-state index contributed by atoms with van der Waals surface area (Å²) >= 11 is 0. The molecule has 1 aliphatic heterocycles. The van der Waals surface area contributed by atoms with Gasteiger partial charge in [0.25, 0.3) is 16.1 Å². The second-order valence-electron chi connectivity index (χ2n) is 7.05. The molecule has 0 atom stereocenters. The predicted molar refractivity (Wildman–Crippen MR) is 118 cm³/mol. The summed E-state index contributed by atoms with van der Waals surface area (Å²) in [7, 11) is -1.95. The minimum atomic E-state index is -3.53. The zero-order valence-electron chi connectivity index (χ0n) is 17.3. The zero-order chi connectivity index (χ0) is 21.6. The van der Waals surface area contributed by atoms with E-state index in [1.54, 1.807) is 32.3 Å². The molecule has 0 aliphatic carbocycles. The summed E-state index contributed by atoms with van der Waals surface area (Å²) in [5, 5.41) is 2.57. The molecule has 0 unspecified atom stereocenters. The van der Waals surface area contributed by atoms with Crippen molar-refractivity contribution in [1.82, 2.24) is 19.9 Å². The highest BCUT2D eigenvalue weighted by Gasteiger charge is 2.18. The second-order valence-corrected chi connectivity index (χ2v) is 8.55. The average Bonchev–Trinajstić information content (AvgIpc) is 2.74. The Morgan fingerprint density at radius 3 is 2.53 bits per heavy atom. The number of carbonyl (C=O) groups excluding carboxylic acids is 1. The number of piperazine rings is 1. The van der Waals surface area contributed by atoms with Crippen LogP contribution in [0.2, 0.25) is 0 Å². The highest BCUT2D eigenvalue weighted by atomic mass is 32.2. The van der Waals surface area contributed by atoms with E-state index in [9.17, 15) is 13.2 Å². The van der Waals surface area contributed by atoms with E-state index < -0.39 is 10.2 Å². The Balaban J connectivity index is 1.55. The van der Waals surface area contributed by atoms with Crippen LogP contribution in [0.5, 0.6) is 0 Å². The van der Waals surface area contributed by atoms with Crippen LogP contribution in [0.25, 0.3) is 0 Å². The number of anilines is 2. The summed E-state index contributed by atoms with van der Waals surface area (Å²) in [6.45, 7) is 6.29. The fraction of sp³-hybridized carbons (Fsp3) is 0.400. The molecule has 2 aromatic rings. The van der Waals surface area contributed by atoms with Crippen LogP contribution in [0.4, 0.5) is 11.4 Å². The van der Waals surface area contributed by atoms with Crippen molar-refractivity contribution in [1.29, 1.82) is 0 Å². The van der Waals surface area contributed by atoms with Crippen molar-refractivity contribution in [2.24, 2.45) is 0 Å². The maximum absolute atomic E-state index is 11.9. The topological polar surface area (TPSA) is 107 Å². The summed E-state index contributed by atoms with van der Waals surface area (Å²) in [5.41, 5.74) is 3.01. The number of hydrogen-bond donors (Lipinski definition) is 3. The first-order valence-electron chi connectivity index (χ1n) is 9.92. The van der Waals surface area contributed by atoms with E-state index in [0.29, 0.717) is 17.9 Å². The highest BCUT2D eigenvalue weighted by molar-refractivity contribution is 7.90. The number of nitrogens with zero attached hydrogens (tertiary/aromatic N) is 3. The third-order valence-corrected chi connectivity index (χ3v) is 6.04. The first kappa shape index (κ1) is 22.0. The van der Waals surface area contributed by atoms with Gasteiger partial charge in [0, 0.05) is 46.3 Å². The lowest BCUT2D eigenvalue weighted by Gasteiger charge is -2.36. The lowest BCUT2D eigenvalue weighted by atomic mass is 10.1. The van der Waals surface area contributed by atoms with Gasteiger partial charge >= 0.3 is 0 Å². The molecule has 3 rings (SSSR count). The van der Waals surface area contributed by atoms with Crippen molar-refractivity contribution in [3.8, 4) is 0 Å². The van der Waals surface area contributed by atoms with Crippen LogP contribution in [-0.4, -0.2) is 64.0 Å². The fourth-order valence-corrected chi connectivity index (χ4v) is 4.26. The number of nitrogens with one attached hydrogen (secondary N) is 3. The van der Waals surface area contributed by atoms with Crippen molar-refractivity contribution in [3.05, 3.63) is 53.9 Å². The number of benzene rings is 1. The van der Waals surface area contributed by atoms with E-state index in [1.165, 1.54) is 0 Å². The van der Waals surface area contributed by atoms with Gasteiger partial charge in [0.2, 0.25) is 0 Å². The Labute approximate surface area is 177 Å². The minimum absolute atomic E-state index is 0.193. The second kappa shape index (κ2) is 9.88. The smallest absolute Gasteiger partial charge is 0.299 e. The molecule has 0 radical (unpaired) electrons. The van der Waals surface area contributed by atoms with Gasteiger partial charge in [-0.3, -0.25) is 14.4 Å². The molecule has 1 aromatic carbocycles. The van der Waals surface area contributed by atoms with Crippen molar-refractivity contribution in [2.45, 2.75) is 13.5 Å². The van der Waals surface area contributed by atoms with Gasteiger partial charge < -0.3 is 10.2 Å². The van der Waals surface area contributed by atoms with Gasteiger partial charge in [-0.05, 0) is 29.8 Å². The summed E-state index contributed by atoms with van der Waals surface area (Å²) in [4.78, 5) is 20.4. The maximum Gasteiger partial charge on any atom is 0.299 e. The number of pyridine rings is 1. The molecule has 0 bridgehead atoms. The Bertz CT molecular complexity index is 957. The molecule has 0 saturated carbocycles. The van der Waals surface area contributed by atoms with Crippen molar-refractivity contribution in [3.63, 3.8) is 0 Å². The van der Waals surface area contributed by atoms with Gasteiger partial charge in [-0.15, -0.1) is 0 Å². The van der Waals surface area contributed by atoms with Crippen LogP contribution in [0.3, 0.4) is 0 Å². The normalized spacial score (nSPS) is 15.1. The molecule has 162 valence electrons. The number of aromatic nitrogens is 1. The third-order valence-electron chi connectivity index (χ3n) is 4.86. The van der Waals surface area contributed by atoms with Crippen LogP contribution in [-0.2, 0) is 16.8 Å². The average molecular weight is 433 g/mol. The largest absolute Gasteiger partial charge is 0.368 e. The van der Waals surface area contributed by atoms with Gasteiger partial charge in [-0.2, -0.15) is 13.1 Å². The summed E-state index contributed by atoms with van der Waals surface area (Å²) in [6.07, 6.45) is 1.74. The Kier molecular flexibility index (Phi) is 7.24. The van der Waals surface area contributed by atoms with Gasteiger partial charge in [-0.25, -0.2) is 4.98 Å². The Hall–Kier alpha value is -2.69. The first-order valence-corrected chi connectivity index (χ1v) is 11.4. The fourth-order valence-electron chi connectivity index (χ4n) is 3.37. The monoisotopic (exact) mass is 432 g/mol. The lowest BCUT2D eigenvalue weighted by Crippen LogP contribution is -2.46. The minimum Gasteiger partial charge on any atom is -0.368 e. The molecule has 9 nitrogen and oxygen atoms in total. The Morgan fingerprint density at radius 2 is 1.90 bits per heavy atom. The standard InChI is InChI=1S/C20H28N6O3S/c1-3-23-30(28,29)24-17-6-4-5-16(13-17)15-25-9-11-26(12-10-25)18-7-8-19(22-14-18)20(27)21-2/h4-8,13-14,23-24H,3,9-12,15H2,1-2H3,(H,21,27). The molecule has 10 heteroatoms. The van der Waals surface area contributed by atoms with Crippen LogP contribution in [0.1, 0.15) is 23.0 Å². The molecule has 1 saturated heterocycles. The van der Waals surface area contributed by atoms with E-state index in [0.717, 1.165) is 44.0 Å². The Morgan fingerprint density at radius 1 is 1.13 bits per heavy atom. The van der Waals surface area contributed by atoms with E-state index in [4.69, 9.17) is 0 Å². The molecule has 3 N–H and O–H groups in total. The van der Waals surface area contributed by atoms with Crippen LogP contribution in [0.15, 0.2) is 42.6 Å². The maximum atomic E-state index is 11.9. The number of hydrogen-bond acceptors (Lipinski definition) is 6. The molecule has 30 heavy (non-hydrogen) atoms. The van der Waals surface area contributed by atoms with Crippen molar-refractivity contribution < 1.29 is 13.2 Å². The van der Waals surface area contributed by atoms with Crippen molar-refractivity contribution in [2.75, 3.05) is 49.4 Å². The van der Waals surface area contributed by atoms with E-state index in [1.807, 2.05) is 24.3 Å². The van der Waals surface area contributed by atoms with E-state index in [2.05, 4.69) is 29.5 Å². The summed E-state index contributed by atoms with van der Waals surface area (Å²) < 4.78 is 28.7. The molecule has 1 aromatic heterocycles. The predicted octanol–water partition coefficient (Wildman–Crippen LogP) is 1.03. The molecule has 0 spiro atoms. The third kappa shape index (κ3) is 5.91. The first-order chi connectivity index (χ1) is 14.4. The number of rotatable bonds is 8. The molecular weight excluding hydrogens is 404 g/mol. The molecular formula is C20H28N6O3S. The molecule has 2 heterocycles. The van der Waals surface area contributed by atoms with Crippen LogP contribution >= 0.6 is 0 Å². The lowest BCUT2D eigenvalue weighted by molar-refractivity contribution is 0.0958. The highest BCUT2D eigenvalue weighted by Crippen LogP contribution is 2.18. The van der Waals surface area contributed by atoms with E-state index in [-0.39, 0.29) is 5.91 Å². The molecule has 1 amide bonds. The SMILES string of the molecule is CCNS(=O)(=O)Nc1cccc(CN2CCN(c3ccc(C(=O)NC)nc3)CC2)c1. The van der Waals surface area contributed by atoms with Crippen LogP contribution < -0.4 is 19.7 Å². The quantitative estimate of drug-likeness (QED) is 0.575. The van der Waals surface area contributed by atoms with Gasteiger partial charge in [0.1, 0.15) is 5.69 Å². The molecule has 1 aliphatic rings. The van der Waals surface area contributed by atoms with Crippen LogP contribution in [0, 0.1) is 0 Å². The number of amides is 1. The zero-order valence-corrected chi connectivity index (χ0v) is 18.1. The van der Waals surface area contributed by atoms with Gasteiger partial charge in [0.15, 0.2) is 0 Å². The van der Waals surface area contributed by atoms with Crippen molar-refractivity contribution >= 4 is 27.5 Å². The van der Waals surface area contributed by atoms with Gasteiger partial charge in [-0.1, -0.05) is 19.1 Å². The molecule has 1 fully saturated rings. The summed E-state index contributed by atoms with van der Waals surface area (Å²) in [6, 6.07) is 11.1. The van der Waals surface area contributed by atoms with Gasteiger partial charge in [0.05, 0.1) is 17.6 Å². The van der Waals surface area contributed by atoms with E-state index >= 15 is 0 Å².